The Labute approximate surface area is 166 Å². The predicted molar refractivity (Wildman–Crippen MR) is 101 cm³/mol. The molecule has 3 rings (SSSR count). The van der Waals surface area contributed by atoms with Crippen LogP contribution in [-0.4, -0.2) is 49.8 Å². The maximum absolute atomic E-state index is 12.8. The SMILES string of the molecule is CC(=O)Nc1ccc(S(=O)(=O)N2CCN(c3ccc(C(F)(F)F)cn3)CC2)cc1. The Hall–Kier alpha value is -2.66. The fourth-order valence-corrected chi connectivity index (χ4v) is 4.38. The smallest absolute Gasteiger partial charge is 0.354 e. The van der Waals surface area contributed by atoms with Gasteiger partial charge in [-0.2, -0.15) is 17.5 Å². The van der Waals surface area contributed by atoms with Crippen molar-refractivity contribution in [3.05, 3.63) is 48.2 Å². The third-order valence-electron chi connectivity index (χ3n) is 4.45. The molecule has 1 saturated heterocycles. The number of pyridine rings is 1. The molecule has 0 radical (unpaired) electrons. The highest BCUT2D eigenvalue weighted by atomic mass is 32.2. The monoisotopic (exact) mass is 428 g/mol. The van der Waals surface area contributed by atoms with E-state index >= 15 is 0 Å². The van der Waals surface area contributed by atoms with Crippen LogP contribution in [0.4, 0.5) is 24.7 Å². The number of anilines is 2. The molecule has 1 aliphatic heterocycles. The Morgan fingerprint density at radius 3 is 2.14 bits per heavy atom. The zero-order valence-electron chi connectivity index (χ0n) is 15.5. The lowest BCUT2D eigenvalue weighted by atomic mass is 10.2. The maximum atomic E-state index is 12.8. The van der Waals surface area contributed by atoms with Crippen LogP contribution in [0.1, 0.15) is 12.5 Å². The van der Waals surface area contributed by atoms with Gasteiger partial charge in [0.1, 0.15) is 5.82 Å². The summed E-state index contributed by atoms with van der Waals surface area (Å²) in [7, 11) is -3.71. The Bertz CT molecular complexity index is 969. The van der Waals surface area contributed by atoms with Gasteiger partial charge in [0.2, 0.25) is 15.9 Å². The second-order valence-electron chi connectivity index (χ2n) is 6.50. The quantitative estimate of drug-likeness (QED) is 0.810. The standard InChI is InChI=1S/C18H19F3N4O3S/c1-13(26)23-15-3-5-16(6-4-15)29(27,28)25-10-8-24(9-11-25)17-7-2-14(12-22-17)18(19,20)21/h2-7,12H,8-11H2,1H3,(H,23,26). The molecule has 1 aromatic carbocycles. The highest BCUT2D eigenvalue weighted by Gasteiger charge is 2.32. The van der Waals surface area contributed by atoms with Gasteiger partial charge >= 0.3 is 6.18 Å². The molecule has 1 amide bonds. The van der Waals surface area contributed by atoms with Gasteiger partial charge in [-0.15, -0.1) is 0 Å². The van der Waals surface area contributed by atoms with Crippen molar-refractivity contribution in [2.75, 3.05) is 36.4 Å². The van der Waals surface area contributed by atoms with E-state index in [2.05, 4.69) is 10.3 Å². The molecular formula is C18H19F3N4O3S. The Morgan fingerprint density at radius 2 is 1.66 bits per heavy atom. The first-order chi connectivity index (χ1) is 13.6. The topological polar surface area (TPSA) is 82.6 Å². The highest BCUT2D eigenvalue weighted by Crippen LogP contribution is 2.29. The normalized spacial score (nSPS) is 15.9. The molecule has 0 aliphatic carbocycles. The van der Waals surface area contributed by atoms with Gasteiger partial charge in [0.15, 0.2) is 0 Å². The number of hydrogen-bond acceptors (Lipinski definition) is 5. The lowest BCUT2D eigenvalue weighted by Gasteiger charge is -2.34. The number of aromatic nitrogens is 1. The van der Waals surface area contributed by atoms with E-state index < -0.39 is 21.8 Å². The van der Waals surface area contributed by atoms with Gasteiger partial charge in [0.25, 0.3) is 0 Å². The number of hydrogen-bond donors (Lipinski definition) is 1. The van der Waals surface area contributed by atoms with Crippen LogP contribution in [0.25, 0.3) is 0 Å². The molecule has 7 nitrogen and oxygen atoms in total. The van der Waals surface area contributed by atoms with Crippen molar-refractivity contribution in [1.29, 1.82) is 0 Å². The summed E-state index contributed by atoms with van der Waals surface area (Å²) in [5, 5.41) is 2.57. The van der Waals surface area contributed by atoms with Gasteiger partial charge in [-0.25, -0.2) is 13.4 Å². The van der Waals surface area contributed by atoms with E-state index in [4.69, 9.17) is 0 Å². The number of benzene rings is 1. The van der Waals surface area contributed by atoms with E-state index in [1.807, 2.05) is 0 Å². The fraction of sp³-hybridized carbons (Fsp3) is 0.333. The Kier molecular flexibility index (Phi) is 5.80. The number of halogens is 3. The minimum absolute atomic E-state index is 0.104. The van der Waals surface area contributed by atoms with E-state index in [-0.39, 0.29) is 23.9 Å². The lowest BCUT2D eigenvalue weighted by Crippen LogP contribution is -2.48. The van der Waals surface area contributed by atoms with E-state index in [1.165, 1.54) is 41.6 Å². The molecule has 1 aromatic heterocycles. The zero-order valence-corrected chi connectivity index (χ0v) is 16.3. The molecule has 0 atom stereocenters. The Balaban J connectivity index is 1.65. The molecule has 11 heteroatoms. The largest absolute Gasteiger partial charge is 0.417 e. The summed E-state index contributed by atoms with van der Waals surface area (Å²) >= 11 is 0. The summed E-state index contributed by atoms with van der Waals surface area (Å²) in [4.78, 5) is 16.8. The second-order valence-corrected chi connectivity index (χ2v) is 8.44. The van der Waals surface area contributed by atoms with Crippen molar-refractivity contribution in [3.8, 4) is 0 Å². The fourth-order valence-electron chi connectivity index (χ4n) is 2.96. The van der Waals surface area contributed by atoms with Gasteiger partial charge in [0.05, 0.1) is 10.5 Å². The zero-order chi connectivity index (χ0) is 21.2. The first kappa shape index (κ1) is 21.1. The molecule has 1 aliphatic rings. The van der Waals surface area contributed by atoms with Crippen LogP contribution in [0.15, 0.2) is 47.5 Å². The minimum atomic E-state index is -4.45. The summed E-state index contributed by atoms with van der Waals surface area (Å²) in [5.41, 5.74) is -0.333. The number of rotatable bonds is 4. The van der Waals surface area contributed by atoms with Crippen LogP contribution in [0.5, 0.6) is 0 Å². The summed E-state index contributed by atoms with van der Waals surface area (Å²) in [6, 6.07) is 8.11. The summed E-state index contributed by atoms with van der Waals surface area (Å²) < 4.78 is 64.9. The van der Waals surface area contributed by atoms with Crippen LogP contribution in [0.3, 0.4) is 0 Å². The third kappa shape index (κ3) is 4.85. The number of carbonyl (C=O) groups is 1. The van der Waals surface area contributed by atoms with Crippen molar-refractivity contribution >= 4 is 27.4 Å². The molecule has 0 spiro atoms. The van der Waals surface area contributed by atoms with E-state index in [0.717, 1.165) is 12.3 Å². The number of sulfonamides is 1. The molecule has 0 saturated carbocycles. The summed E-state index contributed by atoms with van der Waals surface area (Å²) in [6.45, 7) is 2.33. The molecule has 1 fully saturated rings. The van der Waals surface area contributed by atoms with Crippen LogP contribution in [0, 0.1) is 0 Å². The van der Waals surface area contributed by atoms with Crippen molar-refractivity contribution in [2.45, 2.75) is 18.0 Å². The van der Waals surface area contributed by atoms with Gasteiger partial charge in [-0.3, -0.25) is 4.79 Å². The van der Waals surface area contributed by atoms with Crippen molar-refractivity contribution in [2.24, 2.45) is 0 Å². The van der Waals surface area contributed by atoms with Gasteiger partial charge in [0, 0.05) is 45.0 Å². The van der Waals surface area contributed by atoms with Crippen molar-refractivity contribution < 1.29 is 26.4 Å². The number of amides is 1. The molecule has 29 heavy (non-hydrogen) atoms. The highest BCUT2D eigenvalue weighted by molar-refractivity contribution is 7.89. The summed E-state index contributed by atoms with van der Waals surface area (Å²) in [6.07, 6.45) is -3.68. The number of piperazine rings is 1. The van der Waals surface area contributed by atoms with E-state index in [1.54, 1.807) is 4.90 Å². The third-order valence-corrected chi connectivity index (χ3v) is 6.36. The molecule has 156 valence electrons. The average Bonchev–Trinajstić information content (AvgIpc) is 2.67. The molecule has 2 heterocycles. The second kappa shape index (κ2) is 7.99. The number of nitrogens with zero attached hydrogens (tertiary/aromatic N) is 3. The Morgan fingerprint density at radius 1 is 1.03 bits per heavy atom. The maximum Gasteiger partial charge on any atom is 0.417 e. The minimum Gasteiger partial charge on any atom is -0.354 e. The van der Waals surface area contributed by atoms with Crippen LogP contribution in [-0.2, 0) is 21.0 Å². The average molecular weight is 428 g/mol. The molecule has 0 bridgehead atoms. The number of carbonyl (C=O) groups excluding carboxylic acids is 1. The summed E-state index contributed by atoms with van der Waals surface area (Å²) in [5.74, 6) is 0.114. The first-order valence-corrected chi connectivity index (χ1v) is 10.2. The molecule has 2 aromatic rings. The van der Waals surface area contributed by atoms with Crippen LogP contribution in [0.2, 0.25) is 0 Å². The molecular weight excluding hydrogens is 409 g/mol. The van der Waals surface area contributed by atoms with Crippen LogP contribution >= 0.6 is 0 Å². The van der Waals surface area contributed by atoms with Crippen molar-refractivity contribution in [1.82, 2.24) is 9.29 Å². The first-order valence-electron chi connectivity index (χ1n) is 8.73. The van der Waals surface area contributed by atoms with Gasteiger partial charge in [-0.05, 0) is 36.4 Å². The van der Waals surface area contributed by atoms with E-state index in [9.17, 15) is 26.4 Å². The lowest BCUT2D eigenvalue weighted by molar-refractivity contribution is -0.137. The van der Waals surface area contributed by atoms with Crippen LogP contribution < -0.4 is 10.2 Å². The van der Waals surface area contributed by atoms with Crippen molar-refractivity contribution in [3.63, 3.8) is 0 Å². The van der Waals surface area contributed by atoms with Gasteiger partial charge in [-0.1, -0.05) is 0 Å². The van der Waals surface area contributed by atoms with Gasteiger partial charge < -0.3 is 10.2 Å². The number of alkyl halides is 3. The van der Waals surface area contributed by atoms with E-state index in [0.29, 0.717) is 24.6 Å². The molecule has 0 unspecified atom stereocenters. The predicted octanol–water partition coefficient (Wildman–Crippen LogP) is 2.57. The molecule has 1 N–H and O–H groups in total. The number of nitrogens with one attached hydrogen (secondary N) is 1.